The molecule has 5 nitrogen and oxygen atoms in total. The maximum absolute atomic E-state index is 12.8. The fraction of sp³-hybridized carbons (Fsp3) is 0.368. The highest BCUT2D eigenvalue weighted by Gasteiger charge is 2.23. The number of pyridine rings is 1. The predicted molar refractivity (Wildman–Crippen MR) is 93.8 cm³/mol. The van der Waals surface area contributed by atoms with Crippen LogP contribution in [0.5, 0.6) is 0 Å². The van der Waals surface area contributed by atoms with Gasteiger partial charge in [-0.25, -0.2) is 0 Å². The summed E-state index contributed by atoms with van der Waals surface area (Å²) in [4.78, 5) is 21.4. The first-order valence-electron chi connectivity index (χ1n) is 8.34. The molecule has 2 aromatic rings. The number of carbonyl (C=O) groups excluding carboxylic acids is 1. The summed E-state index contributed by atoms with van der Waals surface area (Å²) in [6.07, 6.45) is 0. The van der Waals surface area contributed by atoms with Crippen LogP contribution in [0, 0.1) is 6.92 Å². The van der Waals surface area contributed by atoms with E-state index in [0.717, 1.165) is 30.0 Å². The number of aliphatic hydroxyl groups is 1. The highest BCUT2D eigenvalue weighted by Crippen LogP contribution is 2.20. The van der Waals surface area contributed by atoms with E-state index in [4.69, 9.17) is 5.11 Å². The van der Waals surface area contributed by atoms with Crippen molar-refractivity contribution >= 4 is 5.91 Å². The summed E-state index contributed by atoms with van der Waals surface area (Å²) in [5, 5.41) is 9.00. The molecule has 1 aliphatic heterocycles. The molecule has 0 spiro atoms. The van der Waals surface area contributed by atoms with E-state index in [2.05, 4.69) is 9.88 Å². The van der Waals surface area contributed by atoms with E-state index in [9.17, 15) is 4.79 Å². The summed E-state index contributed by atoms with van der Waals surface area (Å²) in [6, 6.07) is 13.8. The van der Waals surface area contributed by atoms with Crippen LogP contribution in [-0.2, 0) is 0 Å². The number of benzene rings is 1. The van der Waals surface area contributed by atoms with Gasteiger partial charge in [0.2, 0.25) is 0 Å². The summed E-state index contributed by atoms with van der Waals surface area (Å²) >= 11 is 0. The first-order chi connectivity index (χ1) is 11.7. The molecule has 3 rings (SSSR count). The Hall–Kier alpha value is -2.24. The van der Waals surface area contributed by atoms with Gasteiger partial charge in [-0.2, -0.15) is 0 Å². The first-order valence-corrected chi connectivity index (χ1v) is 8.34. The zero-order valence-corrected chi connectivity index (χ0v) is 14.0. The van der Waals surface area contributed by atoms with Gasteiger partial charge < -0.3 is 10.0 Å². The highest BCUT2D eigenvalue weighted by molar-refractivity contribution is 5.95. The molecule has 0 saturated carbocycles. The number of nitrogens with zero attached hydrogens (tertiary/aromatic N) is 3. The molecular formula is C19H23N3O2. The van der Waals surface area contributed by atoms with E-state index >= 15 is 0 Å². The van der Waals surface area contributed by atoms with Crippen LogP contribution in [0.2, 0.25) is 0 Å². The SMILES string of the molecule is Cc1nc(-c2ccccc2)ccc1C(=O)N1CCN(CCO)CC1. The number of carbonyl (C=O) groups is 1. The number of β-amino-alcohol motifs (C(OH)–C–C–N with tert-alkyl or cyclic N) is 1. The Bertz CT molecular complexity index is 695. The molecule has 0 unspecified atom stereocenters. The van der Waals surface area contributed by atoms with Crippen molar-refractivity contribution in [3.05, 3.63) is 53.7 Å². The summed E-state index contributed by atoms with van der Waals surface area (Å²) < 4.78 is 0. The molecule has 126 valence electrons. The van der Waals surface area contributed by atoms with Crippen molar-refractivity contribution in [3.8, 4) is 11.3 Å². The first kappa shape index (κ1) is 16.6. The van der Waals surface area contributed by atoms with E-state index in [1.54, 1.807) is 0 Å². The largest absolute Gasteiger partial charge is 0.395 e. The van der Waals surface area contributed by atoms with E-state index < -0.39 is 0 Å². The second-order valence-electron chi connectivity index (χ2n) is 6.05. The average Bonchev–Trinajstić information content (AvgIpc) is 2.63. The predicted octanol–water partition coefficient (Wildman–Crippen LogP) is 1.81. The molecule has 1 fully saturated rings. The van der Waals surface area contributed by atoms with Crippen LogP contribution >= 0.6 is 0 Å². The Kier molecular flexibility index (Phi) is 5.23. The van der Waals surface area contributed by atoms with Crippen LogP contribution in [0.1, 0.15) is 16.1 Å². The minimum Gasteiger partial charge on any atom is -0.395 e. The quantitative estimate of drug-likeness (QED) is 0.931. The van der Waals surface area contributed by atoms with Crippen LogP contribution < -0.4 is 0 Å². The van der Waals surface area contributed by atoms with Gasteiger partial charge in [0.25, 0.3) is 5.91 Å². The second kappa shape index (κ2) is 7.55. The molecule has 24 heavy (non-hydrogen) atoms. The van der Waals surface area contributed by atoms with Crippen molar-refractivity contribution < 1.29 is 9.90 Å². The topological polar surface area (TPSA) is 56.7 Å². The average molecular weight is 325 g/mol. The summed E-state index contributed by atoms with van der Waals surface area (Å²) in [5.41, 5.74) is 3.37. The Morgan fingerprint density at radius 2 is 1.79 bits per heavy atom. The van der Waals surface area contributed by atoms with Gasteiger partial charge in [0, 0.05) is 38.3 Å². The number of aliphatic hydroxyl groups excluding tert-OH is 1. The third kappa shape index (κ3) is 3.63. The van der Waals surface area contributed by atoms with Crippen LogP contribution in [0.15, 0.2) is 42.5 Å². The number of rotatable bonds is 4. The zero-order chi connectivity index (χ0) is 16.9. The third-order valence-electron chi connectivity index (χ3n) is 4.46. The van der Waals surface area contributed by atoms with Crippen LogP contribution in [0.4, 0.5) is 0 Å². The lowest BCUT2D eigenvalue weighted by atomic mass is 10.1. The molecule has 1 N–H and O–H groups in total. The number of hydrogen-bond acceptors (Lipinski definition) is 4. The van der Waals surface area contributed by atoms with Gasteiger partial charge in [-0.05, 0) is 19.1 Å². The van der Waals surface area contributed by atoms with Crippen molar-refractivity contribution in [1.82, 2.24) is 14.8 Å². The lowest BCUT2D eigenvalue weighted by Crippen LogP contribution is -2.49. The Morgan fingerprint density at radius 1 is 1.08 bits per heavy atom. The van der Waals surface area contributed by atoms with E-state index in [-0.39, 0.29) is 12.5 Å². The number of piperazine rings is 1. The highest BCUT2D eigenvalue weighted by atomic mass is 16.3. The van der Waals surface area contributed by atoms with Gasteiger partial charge in [-0.3, -0.25) is 14.7 Å². The molecule has 1 aromatic heterocycles. The molecule has 0 bridgehead atoms. The molecular weight excluding hydrogens is 302 g/mol. The number of aromatic nitrogens is 1. The summed E-state index contributed by atoms with van der Waals surface area (Å²) in [7, 11) is 0. The molecule has 1 amide bonds. The van der Waals surface area contributed by atoms with E-state index in [1.165, 1.54) is 0 Å². The van der Waals surface area contributed by atoms with Crippen LogP contribution in [-0.4, -0.2) is 65.1 Å². The second-order valence-corrected chi connectivity index (χ2v) is 6.05. The van der Waals surface area contributed by atoms with E-state index in [1.807, 2.05) is 54.3 Å². The van der Waals surface area contributed by atoms with E-state index in [0.29, 0.717) is 25.2 Å². The lowest BCUT2D eigenvalue weighted by Gasteiger charge is -2.34. The maximum atomic E-state index is 12.8. The monoisotopic (exact) mass is 325 g/mol. The summed E-state index contributed by atoms with van der Waals surface area (Å²) in [5.74, 6) is 0.0447. The van der Waals surface area contributed by atoms with Gasteiger partial charge in [-0.1, -0.05) is 30.3 Å². The van der Waals surface area contributed by atoms with Crippen LogP contribution in [0.3, 0.4) is 0 Å². The van der Waals surface area contributed by atoms with Crippen LogP contribution in [0.25, 0.3) is 11.3 Å². The molecule has 2 heterocycles. The normalized spacial score (nSPS) is 15.5. The fourth-order valence-electron chi connectivity index (χ4n) is 3.04. The van der Waals surface area contributed by atoms with Gasteiger partial charge in [0.05, 0.1) is 23.6 Å². The minimum atomic E-state index is 0.0447. The number of hydrogen-bond donors (Lipinski definition) is 1. The maximum Gasteiger partial charge on any atom is 0.255 e. The molecule has 5 heteroatoms. The molecule has 0 atom stereocenters. The van der Waals surface area contributed by atoms with Gasteiger partial charge in [0.15, 0.2) is 0 Å². The van der Waals surface area contributed by atoms with Gasteiger partial charge >= 0.3 is 0 Å². The Labute approximate surface area is 142 Å². The van der Waals surface area contributed by atoms with Crippen molar-refractivity contribution in [2.75, 3.05) is 39.3 Å². The Balaban J connectivity index is 1.72. The lowest BCUT2D eigenvalue weighted by molar-refractivity contribution is 0.0614. The van der Waals surface area contributed by atoms with Crippen molar-refractivity contribution in [2.24, 2.45) is 0 Å². The minimum absolute atomic E-state index is 0.0447. The molecule has 1 aromatic carbocycles. The molecule has 0 radical (unpaired) electrons. The van der Waals surface area contributed by atoms with Crippen molar-refractivity contribution in [1.29, 1.82) is 0 Å². The van der Waals surface area contributed by atoms with Gasteiger partial charge in [0.1, 0.15) is 0 Å². The number of amides is 1. The zero-order valence-electron chi connectivity index (χ0n) is 14.0. The standard InChI is InChI=1S/C19H23N3O2/c1-15-17(7-8-18(20-15)16-5-3-2-4-6-16)19(24)22-11-9-21(10-12-22)13-14-23/h2-8,23H,9-14H2,1H3. The third-order valence-corrected chi connectivity index (χ3v) is 4.46. The fourth-order valence-corrected chi connectivity index (χ4v) is 3.04. The molecule has 1 aliphatic rings. The number of aryl methyl sites for hydroxylation is 1. The Morgan fingerprint density at radius 3 is 2.42 bits per heavy atom. The van der Waals surface area contributed by atoms with Gasteiger partial charge in [-0.15, -0.1) is 0 Å². The van der Waals surface area contributed by atoms with Crippen molar-refractivity contribution in [3.63, 3.8) is 0 Å². The smallest absolute Gasteiger partial charge is 0.255 e. The molecule has 0 aliphatic carbocycles. The molecule has 1 saturated heterocycles. The summed E-state index contributed by atoms with van der Waals surface area (Å²) in [6.45, 7) is 5.73. The van der Waals surface area contributed by atoms with Crippen molar-refractivity contribution in [2.45, 2.75) is 6.92 Å².